The van der Waals surface area contributed by atoms with E-state index in [1.165, 1.54) is 16.7 Å². The molecule has 0 aliphatic carbocycles. The van der Waals surface area contributed by atoms with E-state index in [1.54, 1.807) is 39.1 Å². The number of esters is 1. The average Bonchev–Trinajstić information content (AvgIpc) is 2.97. The Balaban J connectivity index is 2.18. The molecule has 0 bridgehead atoms. The molecular formula is C23H20Cl2N2O3. The molecule has 0 unspecified atom stereocenters. The van der Waals surface area contributed by atoms with Gasteiger partial charge in [0, 0.05) is 11.6 Å². The van der Waals surface area contributed by atoms with Crippen LogP contribution in [0, 0.1) is 25.2 Å². The van der Waals surface area contributed by atoms with Gasteiger partial charge in [-0.05, 0) is 70.0 Å². The molecule has 0 fully saturated rings. The van der Waals surface area contributed by atoms with Gasteiger partial charge in [-0.3, -0.25) is 9.36 Å². The quantitative estimate of drug-likeness (QED) is 0.450. The number of halogens is 2. The van der Waals surface area contributed by atoms with Crippen molar-refractivity contribution in [1.82, 2.24) is 4.57 Å². The van der Waals surface area contributed by atoms with Gasteiger partial charge in [0.2, 0.25) is 0 Å². The Bertz CT molecular complexity index is 1240. The molecule has 0 amide bonds. The third kappa shape index (κ3) is 3.94. The Morgan fingerprint density at radius 3 is 2.37 bits per heavy atom. The first-order valence-corrected chi connectivity index (χ1v) is 9.98. The molecule has 0 N–H and O–H groups in total. The second kappa shape index (κ2) is 7.79. The summed E-state index contributed by atoms with van der Waals surface area (Å²) in [5, 5.41) is 10.1. The van der Waals surface area contributed by atoms with Gasteiger partial charge in [0.1, 0.15) is 5.60 Å². The van der Waals surface area contributed by atoms with Crippen molar-refractivity contribution in [1.29, 1.82) is 5.26 Å². The monoisotopic (exact) mass is 442 g/mol. The van der Waals surface area contributed by atoms with Crippen LogP contribution in [0.4, 0.5) is 0 Å². The SMILES string of the molecule is Cc1cn(C(=O)c2c(Cl)ccc(C(=O)OC(C)(C)C)c2Cl)c2c(C)cc(C#N)cc12. The number of carbonyl (C=O) groups is 2. The molecule has 0 aliphatic heterocycles. The first-order valence-electron chi connectivity index (χ1n) is 9.23. The molecule has 7 heteroatoms. The van der Waals surface area contributed by atoms with E-state index in [2.05, 4.69) is 6.07 Å². The maximum Gasteiger partial charge on any atom is 0.340 e. The van der Waals surface area contributed by atoms with Crippen LogP contribution in [-0.4, -0.2) is 22.0 Å². The topological polar surface area (TPSA) is 72.1 Å². The molecule has 1 aromatic heterocycles. The largest absolute Gasteiger partial charge is 0.456 e. The van der Waals surface area contributed by atoms with Crippen LogP contribution in [0.25, 0.3) is 10.9 Å². The van der Waals surface area contributed by atoms with E-state index in [4.69, 9.17) is 27.9 Å². The summed E-state index contributed by atoms with van der Waals surface area (Å²) in [6, 6.07) is 8.48. The van der Waals surface area contributed by atoms with Crippen molar-refractivity contribution in [3.8, 4) is 6.07 Å². The maximum absolute atomic E-state index is 13.5. The number of fused-ring (bicyclic) bond motifs is 1. The molecule has 0 saturated carbocycles. The van der Waals surface area contributed by atoms with Crippen LogP contribution < -0.4 is 0 Å². The van der Waals surface area contributed by atoms with Crippen molar-refractivity contribution in [2.45, 2.75) is 40.2 Å². The van der Waals surface area contributed by atoms with Crippen LogP contribution in [0.1, 0.15) is 58.2 Å². The Morgan fingerprint density at radius 1 is 1.10 bits per heavy atom. The molecule has 3 rings (SSSR count). The summed E-state index contributed by atoms with van der Waals surface area (Å²) in [7, 11) is 0. The second-order valence-corrected chi connectivity index (χ2v) is 8.86. The van der Waals surface area contributed by atoms with Crippen LogP contribution in [0.5, 0.6) is 0 Å². The fourth-order valence-corrected chi connectivity index (χ4v) is 3.92. The lowest BCUT2D eigenvalue weighted by Gasteiger charge is -2.20. The van der Waals surface area contributed by atoms with Gasteiger partial charge in [0.05, 0.1) is 38.3 Å². The van der Waals surface area contributed by atoms with Crippen LogP contribution in [0.3, 0.4) is 0 Å². The van der Waals surface area contributed by atoms with E-state index in [0.29, 0.717) is 11.1 Å². The lowest BCUT2D eigenvalue weighted by Crippen LogP contribution is -2.24. The van der Waals surface area contributed by atoms with Crippen LogP contribution in [0.15, 0.2) is 30.5 Å². The minimum absolute atomic E-state index is 0.0161. The number of rotatable bonds is 2. The molecule has 3 aromatic rings. The number of hydrogen-bond donors (Lipinski definition) is 0. The predicted molar refractivity (Wildman–Crippen MR) is 117 cm³/mol. The summed E-state index contributed by atoms with van der Waals surface area (Å²) in [5.41, 5.74) is 2.13. The molecule has 0 saturated heterocycles. The zero-order valence-electron chi connectivity index (χ0n) is 17.3. The van der Waals surface area contributed by atoms with Crippen molar-refractivity contribution in [3.05, 3.63) is 68.3 Å². The molecule has 5 nitrogen and oxygen atoms in total. The molecule has 0 aliphatic rings. The number of nitrogens with zero attached hydrogens (tertiary/aromatic N) is 2. The van der Waals surface area contributed by atoms with Crippen LogP contribution in [-0.2, 0) is 4.74 Å². The number of benzene rings is 2. The van der Waals surface area contributed by atoms with Crippen molar-refractivity contribution >= 4 is 46.0 Å². The zero-order chi connectivity index (χ0) is 22.4. The summed E-state index contributed by atoms with van der Waals surface area (Å²) in [6.45, 7) is 8.91. The molecule has 0 atom stereocenters. The second-order valence-electron chi connectivity index (χ2n) is 8.07. The Labute approximate surface area is 184 Å². The van der Waals surface area contributed by atoms with E-state index >= 15 is 0 Å². The van der Waals surface area contributed by atoms with Crippen molar-refractivity contribution in [2.24, 2.45) is 0 Å². The maximum atomic E-state index is 13.5. The molecule has 0 radical (unpaired) electrons. The number of aromatic nitrogens is 1. The minimum Gasteiger partial charge on any atom is -0.456 e. The zero-order valence-corrected chi connectivity index (χ0v) is 18.8. The predicted octanol–water partition coefficient (Wildman–Crippen LogP) is 6.08. The van der Waals surface area contributed by atoms with Gasteiger partial charge in [-0.15, -0.1) is 0 Å². The minimum atomic E-state index is -0.715. The van der Waals surface area contributed by atoms with Crippen LogP contribution in [0.2, 0.25) is 10.0 Å². The molecule has 154 valence electrons. The number of ether oxygens (including phenoxy) is 1. The highest BCUT2D eigenvalue weighted by atomic mass is 35.5. The average molecular weight is 443 g/mol. The third-order valence-electron chi connectivity index (χ3n) is 4.56. The summed E-state index contributed by atoms with van der Waals surface area (Å²) in [4.78, 5) is 26.0. The van der Waals surface area contributed by atoms with Gasteiger partial charge in [0.25, 0.3) is 5.91 Å². The highest BCUT2D eigenvalue weighted by Gasteiger charge is 2.27. The summed E-state index contributed by atoms with van der Waals surface area (Å²) in [6.07, 6.45) is 1.67. The van der Waals surface area contributed by atoms with Gasteiger partial charge >= 0.3 is 5.97 Å². The van der Waals surface area contributed by atoms with E-state index in [1.807, 2.05) is 13.8 Å². The summed E-state index contributed by atoms with van der Waals surface area (Å²) in [5.74, 6) is -1.11. The van der Waals surface area contributed by atoms with Crippen molar-refractivity contribution in [2.75, 3.05) is 0 Å². The van der Waals surface area contributed by atoms with E-state index in [9.17, 15) is 14.9 Å². The number of hydrogen-bond acceptors (Lipinski definition) is 4. The highest BCUT2D eigenvalue weighted by Crippen LogP contribution is 2.33. The van der Waals surface area contributed by atoms with Crippen molar-refractivity contribution in [3.63, 3.8) is 0 Å². The van der Waals surface area contributed by atoms with Gasteiger partial charge < -0.3 is 4.74 Å². The smallest absolute Gasteiger partial charge is 0.340 e. The Kier molecular flexibility index (Phi) is 5.68. The van der Waals surface area contributed by atoms with Crippen LogP contribution >= 0.6 is 23.2 Å². The lowest BCUT2D eigenvalue weighted by atomic mass is 10.1. The number of nitriles is 1. The highest BCUT2D eigenvalue weighted by molar-refractivity contribution is 6.41. The Morgan fingerprint density at radius 2 is 1.77 bits per heavy atom. The normalized spacial score (nSPS) is 11.4. The summed E-state index contributed by atoms with van der Waals surface area (Å²) >= 11 is 12.8. The van der Waals surface area contributed by atoms with E-state index in [0.717, 1.165) is 16.5 Å². The first kappa shape index (κ1) is 21.9. The van der Waals surface area contributed by atoms with Gasteiger partial charge in [-0.25, -0.2) is 4.79 Å². The van der Waals surface area contributed by atoms with Gasteiger partial charge in [0.15, 0.2) is 0 Å². The molecule has 1 heterocycles. The lowest BCUT2D eigenvalue weighted by molar-refractivity contribution is 0.00697. The molecule has 0 spiro atoms. The molecule has 30 heavy (non-hydrogen) atoms. The van der Waals surface area contributed by atoms with E-state index < -0.39 is 17.5 Å². The first-order chi connectivity index (χ1) is 13.9. The van der Waals surface area contributed by atoms with Gasteiger partial charge in [-0.2, -0.15) is 5.26 Å². The molecule has 2 aromatic carbocycles. The van der Waals surface area contributed by atoms with Gasteiger partial charge in [-0.1, -0.05) is 23.2 Å². The fraction of sp³-hybridized carbons (Fsp3) is 0.261. The fourth-order valence-electron chi connectivity index (χ4n) is 3.31. The summed E-state index contributed by atoms with van der Waals surface area (Å²) < 4.78 is 6.84. The standard InChI is InChI=1S/C23H20Cl2N2O3/c1-12-8-14(10-26)9-16-13(2)11-27(20(12)16)21(28)18-17(24)7-6-15(19(18)25)22(29)30-23(3,4)5/h6-9,11H,1-5H3. The van der Waals surface area contributed by atoms with E-state index in [-0.39, 0.29) is 21.2 Å². The Hall–Kier alpha value is -2.81. The number of aryl methyl sites for hydroxylation is 2. The third-order valence-corrected chi connectivity index (χ3v) is 5.27. The number of carbonyl (C=O) groups excluding carboxylic acids is 2. The molecular weight excluding hydrogens is 423 g/mol. The van der Waals surface area contributed by atoms with Crippen molar-refractivity contribution < 1.29 is 14.3 Å².